The van der Waals surface area contributed by atoms with Crippen LogP contribution in [0, 0.1) is 5.82 Å². The lowest BCUT2D eigenvalue weighted by Crippen LogP contribution is -2.27. The zero-order chi connectivity index (χ0) is 15.2. The van der Waals surface area contributed by atoms with E-state index in [9.17, 15) is 4.39 Å². The molecular weight excluding hydrogens is 331 g/mol. The summed E-state index contributed by atoms with van der Waals surface area (Å²) >= 11 is 3.54. The third kappa shape index (κ3) is 4.11. The molecule has 2 unspecified atom stereocenters. The van der Waals surface area contributed by atoms with Gasteiger partial charge in [0.25, 0.3) is 0 Å². The number of aromatic nitrogens is 1. The molecule has 1 aromatic carbocycles. The van der Waals surface area contributed by atoms with E-state index in [1.807, 2.05) is 18.2 Å². The number of pyridine rings is 1. The molecule has 0 fully saturated rings. The van der Waals surface area contributed by atoms with Gasteiger partial charge in [-0.3, -0.25) is 4.98 Å². The van der Waals surface area contributed by atoms with Gasteiger partial charge in [-0.15, -0.1) is 0 Å². The molecule has 4 heteroatoms. The minimum atomic E-state index is -0.218. The summed E-state index contributed by atoms with van der Waals surface area (Å²) < 4.78 is 14.5. The van der Waals surface area contributed by atoms with Crippen molar-refractivity contribution in [3.05, 3.63) is 64.1 Å². The molecule has 0 radical (unpaired) electrons. The van der Waals surface area contributed by atoms with E-state index < -0.39 is 0 Å². The fraction of sp³-hybridized carbons (Fsp3) is 0.353. The van der Waals surface area contributed by atoms with Crippen LogP contribution in [0.2, 0.25) is 0 Å². The van der Waals surface area contributed by atoms with Gasteiger partial charge in [-0.2, -0.15) is 0 Å². The Morgan fingerprint density at radius 1 is 1.29 bits per heavy atom. The average molecular weight is 351 g/mol. The third-order valence-corrected chi connectivity index (χ3v) is 4.28. The lowest BCUT2D eigenvalue weighted by Gasteiger charge is -2.26. The van der Waals surface area contributed by atoms with Crippen molar-refractivity contribution in [3.8, 4) is 0 Å². The number of hydrogen-bond acceptors (Lipinski definition) is 2. The Balaban J connectivity index is 2.36. The first-order chi connectivity index (χ1) is 10.1. The van der Waals surface area contributed by atoms with Crippen molar-refractivity contribution in [1.29, 1.82) is 0 Å². The molecule has 0 spiro atoms. The Labute approximate surface area is 133 Å². The number of rotatable bonds is 6. The zero-order valence-corrected chi connectivity index (χ0v) is 13.9. The van der Waals surface area contributed by atoms with Crippen LogP contribution in [0.3, 0.4) is 0 Å². The average Bonchev–Trinajstić information content (AvgIpc) is 2.51. The standard InChI is InChI=1S/C17H20BrFN2/c1-3-9-21-17(12(2)16-6-4-5-10-20-16)14-11-13(19)7-8-15(14)18/h4-8,10-12,17,21H,3,9H2,1-2H3. The Hall–Kier alpha value is -1.26. The molecule has 0 saturated carbocycles. The molecule has 0 saturated heterocycles. The Bertz CT molecular complexity index is 574. The van der Waals surface area contributed by atoms with Crippen LogP contribution in [0.1, 0.15) is 43.5 Å². The summed E-state index contributed by atoms with van der Waals surface area (Å²) in [4.78, 5) is 4.44. The number of nitrogens with one attached hydrogen (secondary N) is 1. The van der Waals surface area contributed by atoms with Crippen LogP contribution < -0.4 is 5.32 Å². The molecule has 1 heterocycles. The molecular formula is C17H20BrFN2. The summed E-state index contributed by atoms with van der Waals surface area (Å²) in [6.45, 7) is 5.12. The van der Waals surface area contributed by atoms with Gasteiger partial charge in [0.1, 0.15) is 5.82 Å². The maximum atomic E-state index is 13.6. The maximum absolute atomic E-state index is 13.6. The number of benzene rings is 1. The van der Waals surface area contributed by atoms with Crippen molar-refractivity contribution >= 4 is 15.9 Å². The van der Waals surface area contributed by atoms with Crippen LogP contribution in [0.15, 0.2) is 47.1 Å². The van der Waals surface area contributed by atoms with Crippen molar-refractivity contribution in [2.45, 2.75) is 32.2 Å². The molecule has 21 heavy (non-hydrogen) atoms. The van der Waals surface area contributed by atoms with Crippen molar-refractivity contribution < 1.29 is 4.39 Å². The molecule has 112 valence electrons. The molecule has 1 N–H and O–H groups in total. The summed E-state index contributed by atoms with van der Waals surface area (Å²) in [5.74, 6) is -0.0689. The van der Waals surface area contributed by atoms with E-state index in [1.165, 1.54) is 6.07 Å². The van der Waals surface area contributed by atoms with Crippen molar-refractivity contribution in [2.75, 3.05) is 6.54 Å². The first kappa shape index (κ1) is 16.1. The van der Waals surface area contributed by atoms with Crippen LogP contribution in [0.5, 0.6) is 0 Å². The van der Waals surface area contributed by atoms with Crippen molar-refractivity contribution in [2.24, 2.45) is 0 Å². The molecule has 2 nitrogen and oxygen atoms in total. The second-order valence-corrected chi connectivity index (χ2v) is 6.00. The van der Waals surface area contributed by atoms with E-state index in [0.717, 1.165) is 28.7 Å². The van der Waals surface area contributed by atoms with Gasteiger partial charge in [0.2, 0.25) is 0 Å². The highest BCUT2D eigenvalue weighted by Gasteiger charge is 2.23. The summed E-state index contributed by atoms with van der Waals surface area (Å²) in [5.41, 5.74) is 1.93. The van der Waals surface area contributed by atoms with E-state index in [-0.39, 0.29) is 17.8 Å². The lowest BCUT2D eigenvalue weighted by atomic mass is 9.91. The first-order valence-corrected chi connectivity index (χ1v) is 8.02. The quantitative estimate of drug-likeness (QED) is 0.807. The van der Waals surface area contributed by atoms with Crippen LogP contribution in [0.25, 0.3) is 0 Å². The van der Waals surface area contributed by atoms with Gasteiger partial charge in [0, 0.05) is 28.3 Å². The van der Waals surface area contributed by atoms with Gasteiger partial charge in [0.05, 0.1) is 0 Å². The van der Waals surface area contributed by atoms with E-state index in [2.05, 4.69) is 40.1 Å². The van der Waals surface area contributed by atoms with Crippen LogP contribution in [-0.2, 0) is 0 Å². The smallest absolute Gasteiger partial charge is 0.123 e. The van der Waals surface area contributed by atoms with Crippen molar-refractivity contribution in [3.63, 3.8) is 0 Å². The fourth-order valence-electron chi connectivity index (χ4n) is 2.42. The predicted octanol–water partition coefficient (Wildman–Crippen LogP) is 4.83. The van der Waals surface area contributed by atoms with E-state index >= 15 is 0 Å². The van der Waals surface area contributed by atoms with E-state index in [0.29, 0.717) is 0 Å². The first-order valence-electron chi connectivity index (χ1n) is 7.22. The number of halogens is 2. The monoisotopic (exact) mass is 350 g/mol. The SMILES string of the molecule is CCCNC(c1cc(F)ccc1Br)C(C)c1ccccn1. The van der Waals surface area contributed by atoms with Crippen LogP contribution in [0.4, 0.5) is 4.39 Å². The Kier molecular flexibility index (Phi) is 5.88. The molecule has 0 amide bonds. The lowest BCUT2D eigenvalue weighted by molar-refractivity contribution is 0.456. The highest BCUT2D eigenvalue weighted by atomic mass is 79.9. The topological polar surface area (TPSA) is 24.9 Å². The van der Waals surface area contributed by atoms with Gasteiger partial charge in [-0.1, -0.05) is 35.8 Å². The molecule has 0 bridgehead atoms. The zero-order valence-electron chi connectivity index (χ0n) is 12.3. The predicted molar refractivity (Wildman–Crippen MR) is 87.8 cm³/mol. The van der Waals surface area contributed by atoms with Crippen LogP contribution in [-0.4, -0.2) is 11.5 Å². The van der Waals surface area contributed by atoms with Gasteiger partial charge < -0.3 is 5.32 Å². The minimum Gasteiger partial charge on any atom is -0.309 e. The third-order valence-electron chi connectivity index (χ3n) is 3.56. The van der Waals surface area contributed by atoms with Gasteiger partial charge in [0.15, 0.2) is 0 Å². The summed E-state index contributed by atoms with van der Waals surface area (Å²) in [6.07, 6.45) is 2.82. The normalized spacial score (nSPS) is 13.9. The fourth-order valence-corrected chi connectivity index (χ4v) is 2.92. The van der Waals surface area contributed by atoms with E-state index in [4.69, 9.17) is 0 Å². The molecule has 2 rings (SSSR count). The summed E-state index contributed by atoms with van der Waals surface area (Å²) in [5, 5.41) is 3.52. The maximum Gasteiger partial charge on any atom is 0.123 e. The largest absolute Gasteiger partial charge is 0.309 e. The van der Waals surface area contributed by atoms with Gasteiger partial charge >= 0.3 is 0 Å². The Morgan fingerprint density at radius 3 is 2.76 bits per heavy atom. The van der Waals surface area contributed by atoms with Gasteiger partial charge in [-0.25, -0.2) is 4.39 Å². The van der Waals surface area contributed by atoms with E-state index in [1.54, 1.807) is 18.3 Å². The van der Waals surface area contributed by atoms with Crippen molar-refractivity contribution in [1.82, 2.24) is 10.3 Å². The molecule has 0 aliphatic carbocycles. The highest BCUT2D eigenvalue weighted by Crippen LogP contribution is 2.34. The highest BCUT2D eigenvalue weighted by molar-refractivity contribution is 9.10. The molecule has 2 atom stereocenters. The number of nitrogens with zero attached hydrogens (tertiary/aromatic N) is 1. The summed E-state index contributed by atoms with van der Waals surface area (Å²) in [6, 6.07) is 10.7. The molecule has 0 aliphatic heterocycles. The number of hydrogen-bond donors (Lipinski definition) is 1. The molecule has 2 aromatic rings. The summed E-state index contributed by atoms with van der Waals surface area (Å²) in [7, 11) is 0. The minimum absolute atomic E-state index is 0.0184. The second-order valence-electron chi connectivity index (χ2n) is 5.14. The van der Waals surface area contributed by atoms with Crippen LogP contribution >= 0.6 is 15.9 Å². The molecule has 0 aliphatic rings. The second kappa shape index (κ2) is 7.66. The molecule has 1 aromatic heterocycles. The Morgan fingerprint density at radius 2 is 2.10 bits per heavy atom. The van der Waals surface area contributed by atoms with Gasteiger partial charge in [-0.05, 0) is 48.9 Å².